The number of aromatic nitrogens is 1. The highest BCUT2D eigenvalue weighted by Crippen LogP contribution is 2.25. The number of benzene rings is 1. The molecule has 0 amide bonds. The lowest BCUT2D eigenvalue weighted by Gasteiger charge is -2.09. The second-order valence-electron chi connectivity index (χ2n) is 4.15. The van der Waals surface area contributed by atoms with Gasteiger partial charge in [-0.15, -0.1) is 0 Å². The number of halogens is 1. The van der Waals surface area contributed by atoms with Crippen LogP contribution in [-0.4, -0.2) is 16.1 Å². The van der Waals surface area contributed by atoms with Crippen molar-refractivity contribution in [2.24, 2.45) is 0 Å². The molecule has 0 radical (unpaired) electrons. The fraction of sp³-hybridized carbons (Fsp3) is 0.143. The topological polar surface area (TPSA) is 59.4 Å². The zero-order chi connectivity index (χ0) is 14.0. The van der Waals surface area contributed by atoms with Crippen LogP contribution in [0.4, 0.5) is 4.39 Å². The molecule has 0 atom stereocenters. The maximum atomic E-state index is 13.1. The van der Waals surface area contributed by atoms with E-state index in [-0.39, 0.29) is 11.4 Å². The van der Waals surface area contributed by atoms with Crippen LogP contribution in [0.1, 0.15) is 21.6 Å². The van der Waals surface area contributed by atoms with Crippen LogP contribution in [0, 0.1) is 19.7 Å². The molecule has 0 spiro atoms. The summed E-state index contributed by atoms with van der Waals surface area (Å²) in [5.41, 5.74) is 1.34. The minimum atomic E-state index is -1.06. The maximum absolute atomic E-state index is 13.1. The lowest BCUT2D eigenvalue weighted by Crippen LogP contribution is -2.00. The van der Waals surface area contributed by atoms with E-state index >= 15 is 0 Å². The number of carboxylic acid groups (broad SMARTS) is 1. The Bertz CT molecular complexity index is 641. The second kappa shape index (κ2) is 5.06. The third kappa shape index (κ3) is 3.07. The second-order valence-corrected chi connectivity index (χ2v) is 4.15. The Balaban J connectivity index is 2.38. The van der Waals surface area contributed by atoms with Gasteiger partial charge in [0.15, 0.2) is 0 Å². The number of ether oxygens (including phenoxy) is 1. The quantitative estimate of drug-likeness (QED) is 0.920. The predicted octanol–water partition coefficient (Wildman–Crippen LogP) is 3.33. The fourth-order valence-corrected chi connectivity index (χ4v) is 1.61. The Kier molecular flexibility index (Phi) is 3.46. The molecule has 1 aromatic heterocycles. The molecule has 0 aliphatic rings. The number of hydrogen-bond acceptors (Lipinski definition) is 3. The van der Waals surface area contributed by atoms with Crippen molar-refractivity contribution in [1.29, 1.82) is 0 Å². The average Bonchev–Trinajstić information content (AvgIpc) is 2.33. The van der Waals surface area contributed by atoms with Crippen LogP contribution < -0.4 is 4.74 Å². The molecule has 1 heterocycles. The van der Waals surface area contributed by atoms with Crippen LogP contribution in [0.25, 0.3) is 0 Å². The number of hydrogen-bond donors (Lipinski definition) is 1. The molecular weight excluding hydrogens is 249 g/mol. The minimum absolute atomic E-state index is 0.0801. The summed E-state index contributed by atoms with van der Waals surface area (Å²) in [6.45, 7) is 3.43. The fourth-order valence-electron chi connectivity index (χ4n) is 1.61. The SMILES string of the molecule is Cc1cc(C(=O)O)cc(Oc2cc(F)ccc2C)n1. The summed E-state index contributed by atoms with van der Waals surface area (Å²) in [6, 6.07) is 6.89. The highest BCUT2D eigenvalue weighted by molar-refractivity contribution is 5.88. The van der Waals surface area contributed by atoms with Gasteiger partial charge >= 0.3 is 5.97 Å². The third-order valence-corrected chi connectivity index (χ3v) is 2.54. The highest BCUT2D eigenvalue weighted by atomic mass is 19.1. The summed E-state index contributed by atoms with van der Waals surface area (Å²) in [7, 11) is 0. The number of nitrogens with zero attached hydrogens (tertiary/aromatic N) is 1. The van der Waals surface area contributed by atoms with Gasteiger partial charge < -0.3 is 9.84 Å². The Morgan fingerprint density at radius 3 is 2.68 bits per heavy atom. The van der Waals surface area contributed by atoms with Crippen molar-refractivity contribution in [2.45, 2.75) is 13.8 Å². The van der Waals surface area contributed by atoms with E-state index in [0.717, 1.165) is 5.56 Å². The minimum Gasteiger partial charge on any atom is -0.478 e. The normalized spacial score (nSPS) is 10.3. The standard InChI is InChI=1S/C14H12FNO3/c1-8-3-4-11(15)7-12(8)19-13-6-10(14(17)18)5-9(2)16-13/h3-7H,1-2H3,(H,17,18). The average molecular weight is 261 g/mol. The van der Waals surface area contributed by atoms with E-state index < -0.39 is 11.8 Å². The maximum Gasteiger partial charge on any atom is 0.335 e. The van der Waals surface area contributed by atoms with Gasteiger partial charge in [0.1, 0.15) is 11.6 Å². The molecular formula is C14H12FNO3. The summed E-state index contributed by atoms with van der Waals surface area (Å²) in [5, 5.41) is 8.96. The van der Waals surface area contributed by atoms with Crippen LogP contribution in [0.5, 0.6) is 11.6 Å². The number of carboxylic acids is 1. The molecule has 0 saturated carbocycles. The van der Waals surface area contributed by atoms with Gasteiger partial charge in [0.25, 0.3) is 0 Å². The number of carbonyl (C=O) groups is 1. The smallest absolute Gasteiger partial charge is 0.335 e. The van der Waals surface area contributed by atoms with Gasteiger partial charge in [-0.05, 0) is 31.5 Å². The van der Waals surface area contributed by atoms with E-state index in [4.69, 9.17) is 9.84 Å². The molecule has 4 nitrogen and oxygen atoms in total. The molecule has 0 aliphatic carbocycles. The van der Waals surface area contributed by atoms with E-state index in [9.17, 15) is 9.18 Å². The van der Waals surface area contributed by atoms with Gasteiger partial charge in [0.2, 0.25) is 5.88 Å². The van der Waals surface area contributed by atoms with Crippen molar-refractivity contribution in [2.75, 3.05) is 0 Å². The first-order valence-electron chi connectivity index (χ1n) is 5.61. The summed E-state index contributed by atoms with van der Waals surface area (Å²) < 4.78 is 18.6. The Labute approximate surface area is 109 Å². The van der Waals surface area contributed by atoms with Crippen LogP contribution in [0.15, 0.2) is 30.3 Å². The number of aromatic carboxylic acids is 1. The van der Waals surface area contributed by atoms with Crippen LogP contribution >= 0.6 is 0 Å². The van der Waals surface area contributed by atoms with Gasteiger partial charge in [-0.1, -0.05) is 6.07 Å². The molecule has 0 unspecified atom stereocenters. The van der Waals surface area contributed by atoms with Gasteiger partial charge in [0.05, 0.1) is 5.56 Å². The highest BCUT2D eigenvalue weighted by Gasteiger charge is 2.09. The van der Waals surface area contributed by atoms with Gasteiger partial charge in [-0.25, -0.2) is 14.2 Å². The first-order chi connectivity index (χ1) is 8.95. The molecule has 0 saturated heterocycles. The number of rotatable bonds is 3. The van der Waals surface area contributed by atoms with Crippen molar-refractivity contribution >= 4 is 5.97 Å². The lowest BCUT2D eigenvalue weighted by atomic mass is 10.2. The predicted molar refractivity (Wildman–Crippen MR) is 67.1 cm³/mol. The van der Waals surface area contributed by atoms with E-state index in [1.807, 2.05) is 0 Å². The molecule has 2 rings (SSSR count). The molecule has 98 valence electrons. The summed E-state index contributed by atoms with van der Waals surface area (Å²) in [6.07, 6.45) is 0. The largest absolute Gasteiger partial charge is 0.478 e. The number of pyridine rings is 1. The monoisotopic (exact) mass is 261 g/mol. The van der Waals surface area contributed by atoms with Crippen molar-refractivity contribution in [3.8, 4) is 11.6 Å². The zero-order valence-corrected chi connectivity index (χ0v) is 10.5. The first-order valence-corrected chi connectivity index (χ1v) is 5.61. The molecule has 0 bridgehead atoms. The van der Waals surface area contributed by atoms with E-state index in [1.165, 1.54) is 24.3 Å². The summed E-state index contributed by atoms with van der Waals surface area (Å²) in [5.74, 6) is -1.04. The van der Waals surface area contributed by atoms with Crippen molar-refractivity contribution in [3.05, 3.63) is 53.0 Å². The van der Waals surface area contributed by atoms with Crippen molar-refractivity contribution < 1.29 is 19.0 Å². The number of aryl methyl sites for hydroxylation is 2. The van der Waals surface area contributed by atoms with Crippen LogP contribution in [0.3, 0.4) is 0 Å². The van der Waals surface area contributed by atoms with E-state index in [2.05, 4.69) is 4.98 Å². The lowest BCUT2D eigenvalue weighted by molar-refractivity contribution is 0.0696. The Morgan fingerprint density at radius 2 is 2.00 bits per heavy atom. The van der Waals surface area contributed by atoms with Crippen LogP contribution in [0.2, 0.25) is 0 Å². The van der Waals surface area contributed by atoms with Gasteiger partial charge in [-0.2, -0.15) is 0 Å². The molecule has 0 aliphatic heterocycles. The first kappa shape index (κ1) is 13.0. The van der Waals surface area contributed by atoms with Crippen LogP contribution in [-0.2, 0) is 0 Å². The van der Waals surface area contributed by atoms with Gasteiger partial charge in [0, 0.05) is 17.8 Å². The third-order valence-electron chi connectivity index (χ3n) is 2.54. The Morgan fingerprint density at radius 1 is 1.26 bits per heavy atom. The molecule has 5 heteroatoms. The van der Waals surface area contributed by atoms with E-state index in [0.29, 0.717) is 11.4 Å². The molecule has 1 aromatic carbocycles. The summed E-state index contributed by atoms with van der Waals surface area (Å²) >= 11 is 0. The molecule has 0 fully saturated rings. The molecule has 1 N–H and O–H groups in total. The van der Waals surface area contributed by atoms with Crippen molar-refractivity contribution in [1.82, 2.24) is 4.98 Å². The van der Waals surface area contributed by atoms with Gasteiger partial charge in [-0.3, -0.25) is 0 Å². The molecule has 2 aromatic rings. The summed E-state index contributed by atoms with van der Waals surface area (Å²) in [4.78, 5) is 15.0. The Hall–Kier alpha value is -2.43. The zero-order valence-electron chi connectivity index (χ0n) is 10.5. The molecule has 19 heavy (non-hydrogen) atoms. The van der Waals surface area contributed by atoms with E-state index in [1.54, 1.807) is 19.9 Å². The van der Waals surface area contributed by atoms with Crippen molar-refractivity contribution in [3.63, 3.8) is 0 Å².